The van der Waals surface area contributed by atoms with Crippen molar-refractivity contribution in [2.45, 2.75) is 13.2 Å². The average Bonchev–Trinajstić information content (AvgIpc) is 3.33. The molecule has 8 heteroatoms. The smallest absolute Gasteiger partial charge is 0.191 e. The molecule has 1 aromatic heterocycles. The number of aromatic nitrogens is 1. The van der Waals surface area contributed by atoms with Gasteiger partial charge in [0.1, 0.15) is 12.4 Å². The van der Waals surface area contributed by atoms with Crippen LogP contribution >= 0.6 is 35.3 Å². The number of benzene rings is 2. The van der Waals surface area contributed by atoms with Crippen LogP contribution in [0.1, 0.15) is 11.1 Å². The van der Waals surface area contributed by atoms with Gasteiger partial charge in [0.05, 0.1) is 6.54 Å². The van der Waals surface area contributed by atoms with Crippen molar-refractivity contribution in [3.05, 3.63) is 77.3 Å². The predicted molar refractivity (Wildman–Crippen MR) is 134 cm³/mol. The third-order valence-corrected chi connectivity index (χ3v) is 5.72. The number of ether oxygens (including phenoxy) is 1. The number of rotatable bonds is 6. The Balaban J connectivity index is 0.00000256. The summed E-state index contributed by atoms with van der Waals surface area (Å²) in [5.41, 5.74) is 8.50. The van der Waals surface area contributed by atoms with Gasteiger partial charge in [-0.25, -0.2) is 9.98 Å². The summed E-state index contributed by atoms with van der Waals surface area (Å²) in [5, 5.41) is 3.09. The van der Waals surface area contributed by atoms with Gasteiger partial charge in [0.2, 0.25) is 0 Å². The summed E-state index contributed by atoms with van der Waals surface area (Å²) >= 11 is 1.68. The molecule has 2 aromatic carbocycles. The van der Waals surface area contributed by atoms with Crippen LogP contribution in [0.5, 0.6) is 5.75 Å². The van der Waals surface area contributed by atoms with Crippen LogP contribution in [-0.4, -0.2) is 42.0 Å². The van der Waals surface area contributed by atoms with Gasteiger partial charge in [-0.3, -0.25) is 0 Å². The lowest BCUT2D eigenvalue weighted by molar-refractivity contribution is 0.306. The van der Waals surface area contributed by atoms with Gasteiger partial charge < -0.3 is 20.3 Å². The summed E-state index contributed by atoms with van der Waals surface area (Å²) in [6.45, 7) is 4.70. The molecule has 158 valence electrons. The fraction of sp³-hybridized carbons (Fsp3) is 0.273. The standard InChI is InChI=1S/C22H25N5OS.HI/c23-21(26-11-13-27(14-12-26)22-24-10-15-29-22)25-16-18-6-8-19(9-7-18)17-28-20-4-2-1-3-5-20;/h1-10,15H,11-14,16-17H2,(H2,23,25);1H. The summed E-state index contributed by atoms with van der Waals surface area (Å²) < 4.78 is 5.78. The Labute approximate surface area is 198 Å². The zero-order valence-electron chi connectivity index (χ0n) is 16.7. The summed E-state index contributed by atoms with van der Waals surface area (Å²) in [5.74, 6) is 1.49. The molecule has 30 heavy (non-hydrogen) atoms. The second-order valence-electron chi connectivity index (χ2n) is 6.88. The first kappa shape index (κ1) is 22.4. The number of nitrogens with zero attached hydrogens (tertiary/aromatic N) is 4. The maximum absolute atomic E-state index is 6.23. The molecule has 0 saturated carbocycles. The van der Waals surface area contributed by atoms with E-state index in [9.17, 15) is 0 Å². The quantitative estimate of drug-likeness (QED) is 0.294. The molecule has 1 aliphatic heterocycles. The summed E-state index contributed by atoms with van der Waals surface area (Å²) in [4.78, 5) is 13.4. The number of piperazine rings is 1. The van der Waals surface area contributed by atoms with E-state index in [0.717, 1.165) is 48.2 Å². The molecule has 0 unspecified atom stereocenters. The van der Waals surface area contributed by atoms with E-state index >= 15 is 0 Å². The van der Waals surface area contributed by atoms with Crippen LogP contribution in [0.15, 0.2) is 71.2 Å². The molecule has 3 aromatic rings. The molecule has 1 saturated heterocycles. The molecule has 0 radical (unpaired) electrons. The van der Waals surface area contributed by atoms with Gasteiger partial charge in [0.25, 0.3) is 0 Å². The summed E-state index contributed by atoms with van der Waals surface area (Å²) in [6, 6.07) is 18.2. The number of nitrogens with two attached hydrogens (primary N) is 1. The molecule has 0 aliphatic carbocycles. The third kappa shape index (κ3) is 6.09. The normalized spacial score (nSPS) is 14.3. The van der Waals surface area contributed by atoms with Crippen LogP contribution in [-0.2, 0) is 13.2 Å². The monoisotopic (exact) mass is 535 g/mol. The van der Waals surface area contributed by atoms with Gasteiger partial charge in [-0.15, -0.1) is 35.3 Å². The maximum Gasteiger partial charge on any atom is 0.191 e. The van der Waals surface area contributed by atoms with E-state index in [1.165, 1.54) is 0 Å². The number of halogens is 1. The van der Waals surface area contributed by atoms with Gasteiger partial charge in [0, 0.05) is 37.8 Å². The minimum absolute atomic E-state index is 0. The Hall–Kier alpha value is -2.33. The largest absolute Gasteiger partial charge is 0.489 e. The molecule has 4 rings (SSSR count). The van der Waals surface area contributed by atoms with Crippen LogP contribution in [0.25, 0.3) is 0 Å². The Morgan fingerprint density at radius 2 is 1.70 bits per heavy atom. The second kappa shape index (κ2) is 11.2. The fourth-order valence-corrected chi connectivity index (χ4v) is 3.89. The molecule has 1 fully saturated rings. The Bertz CT molecular complexity index is 910. The van der Waals surface area contributed by atoms with E-state index in [-0.39, 0.29) is 24.0 Å². The lowest BCUT2D eigenvalue weighted by Crippen LogP contribution is -2.51. The highest BCUT2D eigenvalue weighted by Gasteiger charge is 2.19. The topological polar surface area (TPSA) is 67.0 Å². The van der Waals surface area contributed by atoms with Gasteiger partial charge in [-0.1, -0.05) is 42.5 Å². The first-order chi connectivity index (χ1) is 14.3. The zero-order chi connectivity index (χ0) is 19.9. The lowest BCUT2D eigenvalue weighted by atomic mass is 10.1. The number of hydrogen-bond donors (Lipinski definition) is 1. The lowest BCUT2D eigenvalue weighted by Gasteiger charge is -2.35. The van der Waals surface area contributed by atoms with E-state index < -0.39 is 0 Å². The zero-order valence-corrected chi connectivity index (χ0v) is 19.8. The highest BCUT2D eigenvalue weighted by atomic mass is 127. The van der Waals surface area contributed by atoms with Crippen molar-refractivity contribution >= 4 is 46.4 Å². The maximum atomic E-state index is 6.23. The molecule has 0 atom stereocenters. The molecule has 6 nitrogen and oxygen atoms in total. The minimum atomic E-state index is 0. The number of anilines is 1. The predicted octanol–water partition coefficient (Wildman–Crippen LogP) is 3.98. The summed E-state index contributed by atoms with van der Waals surface area (Å²) in [6.07, 6.45) is 1.85. The number of aliphatic imine (C=N–C) groups is 1. The number of para-hydroxylation sites is 1. The highest BCUT2D eigenvalue weighted by Crippen LogP contribution is 2.19. The Morgan fingerprint density at radius 1 is 1.00 bits per heavy atom. The van der Waals surface area contributed by atoms with Crippen molar-refractivity contribution in [3.8, 4) is 5.75 Å². The minimum Gasteiger partial charge on any atom is -0.489 e. The van der Waals surface area contributed by atoms with E-state index in [4.69, 9.17) is 10.5 Å². The van der Waals surface area contributed by atoms with E-state index in [0.29, 0.717) is 19.1 Å². The average molecular weight is 535 g/mol. The number of guanidine groups is 1. The molecule has 1 aliphatic rings. The second-order valence-corrected chi connectivity index (χ2v) is 7.75. The van der Waals surface area contributed by atoms with E-state index in [1.807, 2.05) is 41.9 Å². The third-order valence-electron chi connectivity index (χ3n) is 4.89. The van der Waals surface area contributed by atoms with Crippen LogP contribution in [0.4, 0.5) is 5.13 Å². The number of thiazole rings is 1. The molecule has 2 N–H and O–H groups in total. The fourth-order valence-electron chi connectivity index (χ4n) is 3.20. The molecule has 0 spiro atoms. The SMILES string of the molecule is I.NC(=NCc1ccc(COc2ccccc2)cc1)N1CCN(c2nccs2)CC1. The molecule has 0 amide bonds. The first-order valence-electron chi connectivity index (χ1n) is 9.73. The molecule has 2 heterocycles. The first-order valence-corrected chi connectivity index (χ1v) is 10.6. The van der Waals surface area contributed by atoms with Gasteiger partial charge in [-0.05, 0) is 23.3 Å². The highest BCUT2D eigenvalue weighted by molar-refractivity contribution is 14.0. The summed E-state index contributed by atoms with van der Waals surface area (Å²) in [7, 11) is 0. The van der Waals surface area contributed by atoms with Crippen LogP contribution in [0, 0.1) is 0 Å². The van der Waals surface area contributed by atoms with Crippen molar-refractivity contribution in [1.82, 2.24) is 9.88 Å². The van der Waals surface area contributed by atoms with Crippen LogP contribution in [0.3, 0.4) is 0 Å². The van der Waals surface area contributed by atoms with Crippen molar-refractivity contribution in [1.29, 1.82) is 0 Å². The van der Waals surface area contributed by atoms with Crippen LogP contribution < -0.4 is 15.4 Å². The van der Waals surface area contributed by atoms with Crippen LogP contribution in [0.2, 0.25) is 0 Å². The van der Waals surface area contributed by atoms with E-state index in [1.54, 1.807) is 11.3 Å². The number of hydrogen-bond acceptors (Lipinski definition) is 5. The van der Waals surface area contributed by atoms with Gasteiger partial charge in [-0.2, -0.15) is 0 Å². The van der Waals surface area contributed by atoms with Gasteiger partial charge >= 0.3 is 0 Å². The van der Waals surface area contributed by atoms with Crippen molar-refractivity contribution in [2.75, 3.05) is 31.1 Å². The Kier molecular flexibility index (Phi) is 8.32. The van der Waals surface area contributed by atoms with Crippen molar-refractivity contribution < 1.29 is 4.74 Å². The van der Waals surface area contributed by atoms with Crippen molar-refractivity contribution in [3.63, 3.8) is 0 Å². The molecular formula is C22H26IN5OS. The van der Waals surface area contributed by atoms with E-state index in [2.05, 4.69) is 44.0 Å². The molecule has 0 bridgehead atoms. The van der Waals surface area contributed by atoms with Gasteiger partial charge in [0.15, 0.2) is 11.1 Å². The Morgan fingerprint density at radius 3 is 2.37 bits per heavy atom. The molecular weight excluding hydrogens is 509 g/mol. The van der Waals surface area contributed by atoms with Crippen molar-refractivity contribution in [2.24, 2.45) is 10.7 Å².